The number of nitrogens with zero attached hydrogens (tertiary/aromatic N) is 4. The topological polar surface area (TPSA) is 43.6 Å². The van der Waals surface area contributed by atoms with Gasteiger partial charge in [0.15, 0.2) is 0 Å². The molecule has 0 aliphatic heterocycles. The lowest BCUT2D eigenvalue weighted by Crippen LogP contribution is -1.98. The Balaban J connectivity index is 1.22. The van der Waals surface area contributed by atoms with E-state index in [2.05, 4.69) is 132 Å². The van der Waals surface area contributed by atoms with Gasteiger partial charge >= 0.3 is 0 Å². The lowest BCUT2D eigenvalue weighted by Gasteiger charge is -2.10. The van der Waals surface area contributed by atoms with Gasteiger partial charge in [0, 0.05) is 17.8 Å². The molecule has 0 amide bonds. The summed E-state index contributed by atoms with van der Waals surface area (Å²) in [5.41, 5.74) is 9.65. The molecule has 4 heteroatoms. The average molecular weight is 525 g/mol. The molecule has 0 aliphatic rings. The zero-order valence-electron chi connectivity index (χ0n) is 22.1. The van der Waals surface area contributed by atoms with Gasteiger partial charge in [-0.2, -0.15) is 4.80 Å². The minimum atomic E-state index is 0.870. The maximum absolute atomic E-state index is 4.93. The van der Waals surface area contributed by atoms with Crippen LogP contribution in [0.2, 0.25) is 0 Å². The minimum Gasteiger partial charge on any atom is -0.264 e. The molecule has 0 aliphatic carbocycles. The molecule has 8 rings (SSSR count). The molecule has 0 saturated heterocycles. The van der Waals surface area contributed by atoms with Gasteiger partial charge in [-0.25, -0.2) is 0 Å². The van der Waals surface area contributed by atoms with Crippen molar-refractivity contribution >= 4 is 32.6 Å². The van der Waals surface area contributed by atoms with Crippen LogP contribution in [0.25, 0.3) is 71.6 Å². The highest BCUT2D eigenvalue weighted by Gasteiger charge is 2.14. The molecule has 4 nitrogen and oxygen atoms in total. The Bertz CT molecular complexity index is 2180. The Labute approximate surface area is 237 Å². The van der Waals surface area contributed by atoms with Crippen LogP contribution in [0.1, 0.15) is 0 Å². The highest BCUT2D eigenvalue weighted by molar-refractivity contribution is 6.11. The summed E-state index contributed by atoms with van der Waals surface area (Å²) >= 11 is 0. The molecule has 2 aromatic heterocycles. The van der Waals surface area contributed by atoms with Crippen LogP contribution >= 0.6 is 0 Å². The van der Waals surface area contributed by atoms with Crippen molar-refractivity contribution in [3.63, 3.8) is 0 Å². The van der Waals surface area contributed by atoms with Crippen molar-refractivity contribution in [3.05, 3.63) is 146 Å². The Kier molecular flexibility index (Phi) is 5.42. The van der Waals surface area contributed by atoms with Crippen LogP contribution in [0.15, 0.2) is 146 Å². The van der Waals surface area contributed by atoms with Crippen LogP contribution in [0.3, 0.4) is 0 Å². The number of pyridine rings is 1. The van der Waals surface area contributed by atoms with Gasteiger partial charge in [-0.05, 0) is 85.9 Å². The van der Waals surface area contributed by atoms with Crippen molar-refractivity contribution in [3.8, 4) is 39.1 Å². The van der Waals surface area contributed by atoms with Crippen LogP contribution in [0, 0.1) is 0 Å². The van der Waals surface area contributed by atoms with E-state index in [-0.39, 0.29) is 0 Å². The van der Waals surface area contributed by atoms with Gasteiger partial charge in [0.1, 0.15) is 11.0 Å². The van der Waals surface area contributed by atoms with E-state index in [1.807, 2.05) is 12.3 Å². The predicted octanol–water partition coefficient (Wildman–Crippen LogP) is 9.12. The SMILES string of the molecule is c1ccc(-c2ccc3cc(-c4cc5nn(-c6ccc(-c7cccnc7)cc6)nc5c5ccccc45)ccc3c2)cc1. The van der Waals surface area contributed by atoms with Gasteiger partial charge in [-0.3, -0.25) is 4.98 Å². The van der Waals surface area contributed by atoms with Gasteiger partial charge < -0.3 is 0 Å². The number of rotatable bonds is 4. The van der Waals surface area contributed by atoms with Crippen LogP contribution in [-0.2, 0) is 0 Å². The number of fused-ring (bicyclic) bond motifs is 4. The van der Waals surface area contributed by atoms with E-state index < -0.39 is 0 Å². The molecule has 0 fully saturated rings. The average Bonchev–Trinajstić information content (AvgIpc) is 3.49. The third-order valence-corrected chi connectivity index (χ3v) is 7.74. The summed E-state index contributed by atoms with van der Waals surface area (Å²) in [5, 5.41) is 14.5. The Hall–Kier alpha value is -5.61. The molecule has 6 aromatic carbocycles. The predicted molar refractivity (Wildman–Crippen MR) is 168 cm³/mol. The van der Waals surface area contributed by atoms with Crippen molar-refractivity contribution < 1.29 is 0 Å². The van der Waals surface area contributed by atoms with Crippen molar-refractivity contribution in [2.24, 2.45) is 0 Å². The molecule has 0 spiro atoms. The van der Waals surface area contributed by atoms with Crippen molar-refractivity contribution in [1.29, 1.82) is 0 Å². The van der Waals surface area contributed by atoms with Crippen LogP contribution < -0.4 is 0 Å². The van der Waals surface area contributed by atoms with Crippen molar-refractivity contribution in [2.75, 3.05) is 0 Å². The fourth-order valence-corrected chi connectivity index (χ4v) is 5.64. The molecule has 0 unspecified atom stereocenters. The van der Waals surface area contributed by atoms with Gasteiger partial charge in [-0.1, -0.05) is 97.1 Å². The number of hydrogen-bond acceptors (Lipinski definition) is 3. The van der Waals surface area contributed by atoms with E-state index in [1.54, 1.807) is 11.0 Å². The largest absolute Gasteiger partial charge is 0.264 e. The molecular formula is C37H24N4. The fourth-order valence-electron chi connectivity index (χ4n) is 5.64. The standard InChI is InChI=1S/C37H24N4/c1-2-7-25(8-3-1)27-12-13-29-22-30(15-14-28(29)21-27)35-23-36-37(34-11-5-4-10-33(34)35)40-41(39-36)32-18-16-26(17-19-32)31-9-6-20-38-24-31/h1-24H. The van der Waals surface area contributed by atoms with Crippen LogP contribution in [0.5, 0.6) is 0 Å². The molecule has 8 aromatic rings. The second-order valence-corrected chi connectivity index (χ2v) is 10.3. The molecule has 41 heavy (non-hydrogen) atoms. The van der Waals surface area contributed by atoms with Crippen molar-refractivity contribution in [2.45, 2.75) is 0 Å². The summed E-state index contributed by atoms with van der Waals surface area (Å²) in [7, 11) is 0. The first-order chi connectivity index (χ1) is 20.3. The first kappa shape index (κ1) is 23.3. The summed E-state index contributed by atoms with van der Waals surface area (Å²) in [6.07, 6.45) is 3.66. The van der Waals surface area contributed by atoms with E-state index >= 15 is 0 Å². The lowest BCUT2D eigenvalue weighted by molar-refractivity contribution is 0.766. The third kappa shape index (κ3) is 4.14. The number of benzene rings is 6. The Morgan fingerprint density at radius 3 is 1.90 bits per heavy atom. The zero-order valence-corrected chi connectivity index (χ0v) is 22.1. The third-order valence-electron chi connectivity index (χ3n) is 7.74. The molecule has 0 bridgehead atoms. The highest BCUT2D eigenvalue weighted by atomic mass is 15.5. The fraction of sp³-hybridized carbons (Fsp3) is 0. The minimum absolute atomic E-state index is 0.870. The Morgan fingerprint density at radius 2 is 1.12 bits per heavy atom. The second kappa shape index (κ2) is 9.54. The van der Waals surface area contributed by atoms with E-state index in [0.29, 0.717) is 0 Å². The van der Waals surface area contributed by atoms with E-state index in [1.165, 1.54) is 32.8 Å². The van der Waals surface area contributed by atoms with E-state index in [4.69, 9.17) is 10.2 Å². The molecule has 0 atom stereocenters. The Morgan fingerprint density at radius 1 is 0.463 bits per heavy atom. The van der Waals surface area contributed by atoms with Crippen molar-refractivity contribution in [1.82, 2.24) is 20.0 Å². The van der Waals surface area contributed by atoms with Gasteiger partial charge in [0.2, 0.25) is 0 Å². The summed E-state index contributed by atoms with van der Waals surface area (Å²) in [6, 6.07) is 46.8. The maximum Gasteiger partial charge on any atom is 0.121 e. The summed E-state index contributed by atoms with van der Waals surface area (Å²) in [6.45, 7) is 0. The van der Waals surface area contributed by atoms with Crippen LogP contribution in [0.4, 0.5) is 0 Å². The summed E-state index contributed by atoms with van der Waals surface area (Å²) in [5.74, 6) is 0. The van der Waals surface area contributed by atoms with Gasteiger partial charge in [0.25, 0.3) is 0 Å². The molecule has 0 N–H and O–H groups in total. The van der Waals surface area contributed by atoms with Gasteiger partial charge in [0.05, 0.1) is 5.69 Å². The second-order valence-electron chi connectivity index (χ2n) is 10.3. The highest BCUT2D eigenvalue weighted by Crippen LogP contribution is 2.36. The smallest absolute Gasteiger partial charge is 0.121 e. The first-order valence-electron chi connectivity index (χ1n) is 13.7. The van der Waals surface area contributed by atoms with Gasteiger partial charge in [-0.15, -0.1) is 10.2 Å². The summed E-state index contributed by atoms with van der Waals surface area (Å²) in [4.78, 5) is 5.97. The number of hydrogen-bond donors (Lipinski definition) is 0. The van der Waals surface area contributed by atoms with E-state index in [9.17, 15) is 0 Å². The molecule has 0 radical (unpaired) electrons. The monoisotopic (exact) mass is 524 g/mol. The normalized spacial score (nSPS) is 11.4. The molecular weight excluding hydrogens is 500 g/mol. The first-order valence-corrected chi connectivity index (χ1v) is 13.7. The zero-order chi connectivity index (χ0) is 27.2. The van der Waals surface area contributed by atoms with Crippen LogP contribution in [-0.4, -0.2) is 20.0 Å². The molecule has 192 valence electrons. The molecule has 2 heterocycles. The lowest BCUT2D eigenvalue weighted by atomic mass is 9.94. The number of aromatic nitrogens is 4. The summed E-state index contributed by atoms with van der Waals surface area (Å²) < 4.78 is 0. The molecule has 0 saturated carbocycles. The van der Waals surface area contributed by atoms with E-state index in [0.717, 1.165) is 38.8 Å². The maximum atomic E-state index is 4.93. The quantitative estimate of drug-likeness (QED) is 0.231.